The van der Waals surface area contributed by atoms with Gasteiger partial charge in [0.05, 0.1) is 15.6 Å². The van der Waals surface area contributed by atoms with E-state index in [4.69, 9.17) is 28.9 Å². The van der Waals surface area contributed by atoms with Crippen molar-refractivity contribution in [3.8, 4) is 11.1 Å². The lowest BCUT2D eigenvalue weighted by atomic mass is 10.0. The SMILES string of the molecule is Nc1ncnc2c(-c3cccc(Cl)c3Cl)cc(N3CCCC3=O)cc12. The average molecular weight is 373 g/mol. The van der Waals surface area contributed by atoms with E-state index >= 15 is 0 Å². The normalized spacial score (nSPS) is 14.5. The molecule has 2 heterocycles. The number of hydrogen-bond donors (Lipinski definition) is 1. The maximum absolute atomic E-state index is 12.2. The van der Waals surface area contributed by atoms with Gasteiger partial charge in [0.15, 0.2) is 0 Å². The predicted molar refractivity (Wildman–Crippen MR) is 101 cm³/mol. The molecular formula is C18H14Cl2N4O. The topological polar surface area (TPSA) is 72.1 Å². The van der Waals surface area contributed by atoms with Crippen molar-refractivity contribution in [2.75, 3.05) is 17.2 Å². The van der Waals surface area contributed by atoms with Crippen molar-refractivity contribution in [1.82, 2.24) is 9.97 Å². The Hall–Kier alpha value is -2.37. The highest BCUT2D eigenvalue weighted by molar-refractivity contribution is 6.44. The van der Waals surface area contributed by atoms with Crippen LogP contribution in [0.1, 0.15) is 12.8 Å². The Bertz CT molecular complexity index is 1010. The maximum atomic E-state index is 12.2. The van der Waals surface area contributed by atoms with Crippen LogP contribution in [0.5, 0.6) is 0 Å². The quantitative estimate of drug-likeness (QED) is 0.727. The number of nitrogens with two attached hydrogens (primary N) is 1. The number of nitrogens with zero attached hydrogens (tertiary/aromatic N) is 3. The Balaban J connectivity index is 2.03. The highest BCUT2D eigenvalue weighted by Crippen LogP contribution is 2.40. The van der Waals surface area contributed by atoms with Gasteiger partial charge in [-0.05, 0) is 24.6 Å². The molecule has 1 saturated heterocycles. The summed E-state index contributed by atoms with van der Waals surface area (Å²) in [7, 11) is 0. The first kappa shape index (κ1) is 16.1. The molecule has 2 N–H and O–H groups in total. The van der Waals surface area contributed by atoms with Gasteiger partial charge < -0.3 is 10.6 Å². The lowest BCUT2D eigenvalue weighted by Gasteiger charge is -2.19. The zero-order valence-electron chi connectivity index (χ0n) is 13.2. The van der Waals surface area contributed by atoms with Crippen LogP contribution in [-0.4, -0.2) is 22.4 Å². The third kappa shape index (κ3) is 2.69. The Labute approximate surface area is 154 Å². The fraction of sp³-hybridized carbons (Fsp3) is 0.167. The van der Waals surface area contributed by atoms with Crippen molar-refractivity contribution in [1.29, 1.82) is 0 Å². The van der Waals surface area contributed by atoms with Crippen molar-refractivity contribution in [3.05, 3.63) is 46.7 Å². The standard InChI is InChI=1S/C18H14Cl2N4O/c19-14-4-1-3-11(16(14)20)12-7-10(24-6-2-5-15(24)25)8-13-17(12)22-9-23-18(13)21/h1,3-4,7-9H,2,5-6H2,(H2,21,22,23). The molecule has 0 unspecified atom stereocenters. The lowest BCUT2D eigenvalue weighted by molar-refractivity contribution is -0.117. The number of benzene rings is 2. The number of fused-ring (bicyclic) bond motifs is 1. The van der Waals surface area contributed by atoms with Gasteiger partial charge in [0.2, 0.25) is 5.91 Å². The molecule has 1 aliphatic rings. The second-order valence-corrected chi connectivity index (χ2v) is 6.68. The number of carbonyl (C=O) groups excluding carboxylic acids is 1. The van der Waals surface area contributed by atoms with E-state index in [0.717, 1.165) is 23.2 Å². The molecule has 0 saturated carbocycles. The summed E-state index contributed by atoms with van der Waals surface area (Å²) in [5.41, 5.74) is 9.01. The van der Waals surface area contributed by atoms with Crippen LogP contribution < -0.4 is 10.6 Å². The second kappa shape index (κ2) is 6.17. The molecule has 0 spiro atoms. The number of rotatable bonds is 2. The summed E-state index contributed by atoms with van der Waals surface area (Å²) in [5, 5.41) is 1.58. The van der Waals surface area contributed by atoms with Crippen molar-refractivity contribution in [2.24, 2.45) is 0 Å². The molecule has 25 heavy (non-hydrogen) atoms. The van der Waals surface area contributed by atoms with Crippen LogP contribution in [-0.2, 0) is 4.79 Å². The van der Waals surface area contributed by atoms with E-state index in [-0.39, 0.29) is 5.91 Å². The monoisotopic (exact) mass is 372 g/mol. The number of hydrogen-bond acceptors (Lipinski definition) is 4. The molecule has 1 amide bonds. The molecular weight excluding hydrogens is 359 g/mol. The van der Waals surface area contributed by atoms with Crippen LogP contribution in [0, 0.1) is 0 Å². The van der Waals surface area contributed by atoms with Crippen LogP contribution >= 0.6 is 23.2 Å². The van der Waals surface area contributed by atoms with Crippen molar-refractivity contribution in [2.45, 2.75) is 12.8 Å². The highest BCUT2D eigenvalue weighted by atomic mass is 35.5. The molecule has 1 aromatic heterocycles. The molecule has 126 valence electrons. The first-order valence-corrected chi connectivity index (χ1v) is 8.61. The number of nitrogen functional groups attached to an aromatic ring is 1. The van der Waals surface area contributed by atoms with Crippen molar-refractivity contribution in [3.63, 3.8) is 0 Å². The highest BCUT2D eigenvalue weighted by Gasteiger charge is 2.24. The van der Waals surface area contributed by atoms with Gasteiger partial charge in [-0.3, -0.25) is 4.79 Å². The zero-order chi connectivity index (χ0) is 17.6. The minimum atomic E-state index is 0.0953. The van der Waals surface area contributed by atoms with Gasteiger partial charge in [0, 0.05) is 35.2 Å². The Kier molecular flexibility index (Phi) is 3.98. The van der Waals surface area contributed by atoms with Crippen LogP contribution in [0.2, 0.25) is 10.0 Å². The van der Waals surface area contributed by atoms with E-state index in [1.165, 1.54) is 6.33 Å². The first-order chi connectivity index (χ1) is 12.1. The third-order valence-electron chi connectivity index (χ3n) is 4.38. The summed E-state index contributed by atoms with van der Waals surface area (Å²) < 4.78 is 0. The largest absolute Gasteiger partial charge is 0.383 e. The number of carbonyl (C=O) groups is 1. The fourth-order valence-electron chi connectivity index (χ4n) is 3.17. The number of aromatic nitrogens is 2. The van der Waals surface area contributed by atoms with Gasteiger partial charge in [-0.15, -0.1) is 0 Å². The Morgan fingerprint density at radius 1 is 1.12 bits per heavy atom. The Morgan fingerprint density at radius 3 is 2.72 bits per heavy atom. The minimum Gasteiger partial charge on any atom is -0.383 e. The fourth-order valence-corrected chi connectivity index (χ4v) is 3.57. The van der Waals surface area contributed by atoms with Gasteiger partial charge >= 0.3 is 0 Å². The summed E-state index contributed by atoms with van der Waals surface area (Å²) >= 11 is 12.6. The van der Waals surface area contributed by atoms with E-state index in [1.54, 1.807) is 11.0 Å². The molecule has 0 atom stereocenters. The van der Waals surface area contributed by atoms with E-state index < -0.39 is 0 Å². The molecule has 5 nitrogen and oxygen atoms in total. The van der Waals surface area contributed by atoms with E-state index in [2.05, 4.69) is 9.97 Å². The maximum Gasteiger partial charge on any atom is 0.227 e. The van der Waals surface area contributed by atoms with E-state index in [1.807, 2.05) is 24.3 Å². The molecule has 0 bridgehead atoms. The molecule has 3 aromatic rings. The molecule has 0 radical (unpaired) electrons. The van der Waals surface area contributed by atoms with Gasteiger partial charge in [-0.2, -0.15) is 0 Å². The zero-order valence-corrected chi connectivity index (χ0v) is 14.7. The average Bonchev–Trinajstić information content (AvgIpc) is 3.03. The molecule has 1 fully saturated rings. The molecule has 0 aliphatic carbocycles. The smallest absolute Gasteiger partial charge is 0.227 e. The van der Waals surface area contributed by atoms with Crippen LogP contribution in [0.25, 0.3) is 22.0 Å². The summed E-state index contributed by atoms with van der Waals surface area (Å²) in [4.78, 5) is 22.4. The summed E-state index contributed by atoms with van der Waals surface area (Å²) in [6.07, 6.45) is 2.80. The van der Waals surface area contributed by atoms with Crippen LogP contribution in [0.3, 0.4) is 0 Å². The molecule has 7 heteroatoms. The summed E-state index contributed by atoms with van der Waals surface area (Å²) in [6, 6.07) is 9.20. The van der Waals surface area contributed by atoms with Gasteiger partial charge in [0.25, 0.3) is 0 Å². The number of halogens is 2. The van der Waals surface area contributed by atoms with Crippen molar-refractivity contribution < 1.29 is 4.79 Å². The number of anilines is 2. The van der Waals surface area contributed by atoms with E-state index in [0.29, 0.717) is 39.7 Å². The molecule has 2 aromatic carbocycles. The number of amides is 1. The lowest BCUT2D eigenvalue weighted by Crippen LogP contribution is -2.23. The minimum absolute atomic E-state index is 0.0953. The predicted octanol–water partition coefficient (Wildman–Crippen LogP) is 4.31. The summed E-state index contributed by atoms with van der Waals surface area (Å²) in [5.74, 6) is 0.454. The molecule has 1 aliphatic heterocycles. The van der Waals surface area contributed by atoms with Crippen LogP contribution in [0.4, 0.5) is 11.5 Å². The second-order valence-electron chi connectivity index (χ2n) is 5.90. The first-order valence-electron chi connectivity index (χ1n) is 7.85. The van der Waals surface area contributed by atoms with Crippen LogP contribution in [0.15, 0.2) is 36.7 Å². The third-order valence-corrected chi connectivity index (χ3v) is 5.20. The van der Waals surface area contributed by atoms with Gasteiger partial charge in [0.1, 0.15) is 12.1 Å². The van der Waals surface area contributed by atoms with E-state index in [9.17, 15) is 4.79 Å². The van der Waals surface area contributed by atoms with Crippen molar-refractivity contribution >= 4 is 51.5 Å². The van der Waals surface area contributed by atoms with Gasteiger partial charge in [-0.25, -0.2) is 9.97 Å². The Morgan fingerprint density at radius 2 is 1.96 bits per heavy atom. The molecule has 4 rings (SSSR count). The van der Waals surface area contributed by atoms with Gasteiger partial charge in [-0.1, -0.05) is 35.3 Å². The summed E-state index contributed by atoms with van der Waals surface area (Å²) in [6.45, 7) is 0.681.